The summed E-state index contributed by atoms with van der Waals surface area (Å²) >= 11 is 0. The van der Waals surface area contributed by atoms with E-state index in [-0.39, 0.29) is 29.2 Å². The summed E-state index contributed by atoms with van der Waals surface area (Å²) in [6.45, 7) is 4.33. The molecule has 0 radical (unpaired) electrons. The highest BCUT2D eigenvalue weighted by molar-refractivity contribution is 5.66. The van der Waals surface area contributed by atoms with E-state index < -0.39 is 23.3 Å². The van der Waals surface area contributed by atoms with E-state index in [1.165, 1.54) is 24.3 Å². The van der Waals surface area contributed by atoms with Gasteiger partial charge in [-0.25, -0.2) is 8.78 Å². The van der Waals surface area contributed by atoms with Crippen LogP contribution in [0.25, 0.3) is 22.3 Å². The Labute approximate surface area is 220 Å². The van der Waals surface area contributed by atoms with Crippen LogP contribution in [-0.4, -0.2) is 6.61 Å². The summed E-state index contributed by atoms with van der Waals surface area (Å²) in [5, 5.41) is 0. The predicted molar refractivity (Wildman–Crippen MR) is 142 cm³/mol. The first kappa shape index (κ1) is 27.2. The molecule has 4 aromatic rings. The van der Waals surface area contributed by atoms with Crippen molar-refractivity contribution in [2.75, 3.05) is 6.61 Å². The van der Waals surface area contributed by atoms with Crippen molar-refractivity contribution in [1.29, 1.82) is 0 Å². The maximum atomic E-state index is 14.7. The molecule has 0 N–H and O–H groups in total. The average molecular weight is 523 g/mol. The molecule has 0 spiro atoms. The van der Waals surface area contributed by atoms with Crippen LogP contribution >= 0.6 is 0 Å². The van der Waals surface area contributed by atoms with Gasteiger partial charge >= 0.3 is 0 Å². The van der Waals surface area contributed by atoms with Crippen molar-refractivity contribution < 1.29 is 27.0 Å². The van der Waals surface area contributed by atoms with Crippen LogP contribution in [0.5, 0.6) is 11.5 Å². The Morgan fingerprint density at radius 1 is 0.553 bits per heavy atom. The van der Waals surface area contributed by atoms with E-state index >= 15 is 0 Å². The SMILES string of the molecule is CCCCCCOc1ccc(-c2ccc(COc3ccc(-c4ccc(C)cc4)c(F)c3F)cc2)c(F)c1F. The van der Waals surface area contributed by atoms with Crippen LogP contribution in [0.3, 0.4) is 0 Å². The Balaban J connectivity index is 1.40. The standard InChI is InChI=1S/C32H30F4O2/c1-3-4-5-6-19-37-27-17-15-26(29(33)31(27)35)24-13-9-22(10-14-24)20-38-28-18-16-25(30(34)32(28)36)23-11-7-21(2)8-12-23/h7-18H,3-6,19-20H2,1-2H3. The number of rotatable bonds is 11. The molecule has 0 aromatic heterocycles. The molecule has 198 valence electrons. The third kappa shape index (κ3) is 6.36. The lowest BCUT2D eigenvalue weighted by atomic mass is 10.0. The molecule has 0 aliphatic heterocycles. The fourth-order valence-electron chi connectivity index (χ4n) is 4.12. The third-order valence-electron chi connectivity index (χ3n) is 6.37. The second-order valence-corrected chi connectivity index (χ2v) is 9.24. The highest BCUT2D eigenvalue weighted by atomic mass is 19.2. The van der Waals surface area contributed by atoms with Crippen molar-refractivity contribution in [2.24, 2.45) is 0 Å². The number of halogens is 4. The zero-order valence-electron chi connectivity index (χ0n) is 21.5. The Morgan fingerprint density at radius 3 is 1.63 bits per heavy atom. The second-order valence-electron chi connectivity index (χ2n) is 9.24. The number of unbranched alkanes of at least 4 members (excludes halogenated alkanes) is 3. The van der Waals surface area contributed by atoms with Gasteiger partial charge < -0.3 is 9.47 Å². The zero-order chi connectivity index (χ0) is 27.1. The number of ether oxygens (including phenoxy) is 2. The molecule has 0 aliphatic carbocycles. The smallest absolute Gasteiger partial charge is 0.201 e. The minimum absolute atomic E-state index is 0.0256. The van der Waals surface area contributed by atoms with Crippen LogP contribution in [0.15, 0.2) is 72.8 Å². The maximum absolute atomic E-state index is 14.7. The Kier molecular flexibility index (Phi) is 9.06. The van der Waals surface area contributed by atoms with Gasteiger partial charge in [0.05, 0.1) is 6.61 Å². The number of aryl methyl sites for hydroxylation is 1. The van der Waals surface area contributed by atoms with E-state index in [2.05, 4.69) is 6.92 Å². The van der Waals surface area contributed by atoms with E-state index in [1.54, 1.807) is 36.4 Å². The highest BCUT2D eigenvalue weighted by Crippen LogP contribution is 2.32. The van der Waals surface area contributed by atoms with Crippen LogP contribution in [0.4, 0.5) is 17.6 Å². The highest BCUT2D eigenvalue weighted by Gasteiger charge is 2.17. The van der Waals surface area contributed by atoms with Crippen LogP contribution in [0, 0.1) is 30.2 Å². The molecule has 0 atom stereocenters. The monoisotopic (exact) mass is 522 g/mol. The van der Waals surface area contributed by atoms with Crippen LogP contribution < -0.4 is 9.47 Å². The molecular formula is C32H30F4O2. The summed E-state index contributed by atoms with van der Waals surface area (Å²) in [6, 6.07) is 19.5. The van der Waals surface area contributed by atoms with Gasteiger partial charge in [0.15, 0.2) is 23.1 Å². The Hall–Kier alpha value is -3.80. The zero-order valence-corrected chi connectivity index (χ0v) is 21.5. The normalized spacial score (nSPS) is 11.0. The van der Waals surface area contributed by atoms with Gasteiger partial charge in [-0.3, -0.25) is 0 Å². The lowest BCUT2D eigenvalue weighted by Crippen LogP contribution is -2.02. The van der Waals surface area contributed by atoms with Gasteiger partial charge in [0.1, 0.15) is 6.61 Å². The second kappa shape index (κ2) is 12.6. The number of hydrogen-bond acceptors (Lipinski definition) is 2. The van der Waals surface area contributed by atoms with Crippen molar-refractivity contribution in [3.63, 3.8) is 0 Å². The largest absolute Gasteiger partial charge is 0.490 e. The first-order valence-corrected chi connectivity index (χ1v) is 12.8. The van der Waals surface area contributed by atoms with Crippen LogP contribution in [0.1, 0.15) is 43.7 Å². The summed E-state index contributed by atoms with van der Waals surface area (Å²) in [6.07, 6.45) is 3.93. The summed E-state index contributed by atoms with van der Waals surface area (Å²) < 4.78 is 69.6. The van der Waals surface area contributed by atoms with E-state index in [0.29, 0.717) is 23.3 Å². The van der Waals surface area contributed by atoms with Gasteiger partial charge in [0, 0.05) is 11.1 Å². The lowest BCUT2D eigenvalue weighted by molar-refractivity contribution is 0.285. The van der Waals surface area contributed by atoms with Crippen LogP contribution in [0.2, 0.25) is 0 Å². The molecule has 0 bridgehead atoms. The van der Waals surface area contributed by atoms with Crippen molar-refractivity contribution in [3.8, 4) is 33.8 Å². The van der Waals surface area contributed by atoms with Crippen LogP contribution in [-0.2, 0) is 6.61 Å². The van der Waals surface area contributed by atoms with Gasteiger partial charge in [-0.1, -0.05) is 80.3 Å². The molecule has 0 saturated carbocycles. The Bertz CT molecular complexity index is 1370. The molecule has 4 rings (SSSR count). The van der Waals surface area contributed by atoms with E-state index in [0.717, 1.165) is 31.2 Å². The van der Waals surface area contributed by atoms with Crippen molar-refractivity contribution >= 4 is 0 Å². The summed E-state index contributed by atoms with van der Waals surface area (Å²) in [4.78, 5) is 0. The predicted octanol–water partition coefficient (Wildman–Crippen LogP) is 9.42. The molecule has 0 amide bonds. The number of benzene rings is 4. The minimum atomic E-state index is -1.06. The third-order valence-corrected chi connectivity index (χ3v) is 6.37. The van der Waals surface area contributed by atoms with Gasteiger partial charge in [-0.15, -0.1) is 0 Å². The van der Waals surface area contributed by atoms with E-state index in [4.69, 9.17) is 9.47 Å². The molecule has 0 aliphatic rings. The maximum Gasteiger partial charge on any atom is 0.201 e. The molecule has 2 nitrogen and oxygen atoms in total. The van der Waals surface area contributed by atoms with Gasteiger partial charge in [-0.05, 0) is 54.3 Å². The molecule has 38 heavy (non-hydrogen) atoms. The summed E-state index contributed by atoms with van der Waals surface area (Å²) in [7, 11) is 0. The lowest BCUT2D eigenvalue weighted by Gasteiger charge is -2.12. The molecule has 0 heterocycles. The quantitative estimate of drug-likeness (QED) is 0.144. The Morgan fingerprint density at radius 2 is 1.08 bits per heavy atom. The van der Waals surface area contributed by atoms with Crippen molar-refractivity contribution in [1.82, 2.24) is 0 Å². The molecule has 0 saturated heterocycles. The summed E-state index contributed by atoms with van der Waals surface area (Å²) in [5.74, 6) is -4.35. The molecule has 0 fully saturated rings. The van der Waals surface area contributed by atoms with Crippen molar-refractivity contribution in [2.45, 2.75) is 46.1 Å². The van der Waals surface area contributed by atoms with Gasteiger partial charge in [-0.2, -0.15) is 8.78 Å². The molecular weight excluding hydrogens is 492 g/mol. The van der Waals surface area contributed by atoms with Gasteiger partial charge in [0.2, 0.25) is 11.6 Å². The summed E-state index contributed by atoms with van der Waals surface area (Å²) in [5.41, 5.74) is 2.98. The molecule has 0 unspecified atom stereocenters. The first-order valence-electron chi connectivity index (χ1n) is 12.8. The van der Waals surface area contributed by atoms with E-state index in [1.807, 2.05) is 19.1 Å². The average Bonchev–Trinajstić information content (AvgIpc) is 2.93. The van der Waals surface area contributed by atoms with E-state index in [9.17, 15) is 17.6 Å². The van der Waals surface area contributed by atoms with Crippen molar-refractivity contribution in [3.05, 3.63) is 107 Å². The minimum Gasteiger partial charge on any atom is -0.490 e. The topological polar surface area (TPSA) is 18.5 Å². The number of hydrogen-bond donors (Lipinski definition) is 0. The fraction of sp³-hybridized carbons (Fsp3) is 0.250. The molecule has 6 heteroatoms. The first-order chi connectivity index (χ1) is 18.4. The van der Waals surface area contributed by atoms with Gasteiger partial charge in [0.25, 0.3) is 0 Å². The molecule has 4 aromatic carbocycles. The fourth-order valence-corrected chi connectivity index (χ4v) is 4.12.